The zero-order valence-electron chi connectivity index (χ0n) is 17.6. The standard InChI is InChI=1S/C25H21FN6S/c26-22-11-4-2-7-20(22)17-32-15-13-24(30-32)28-25(33)27-23-12-14-31(29-23)16-19-9-5-8-18-6-1-3-10-21(18)19/h1-15H,16-17H2,(H2,27,28,29,30,33). The molecule has 8 heteroatoms. The lowest BCUT2D eigenvalue weighted by molar-refractivity contribution is 0.586. The van der Waals surface area contributed by atoms with Crippen LogP contribution in [0, 0.1) is 5.82 Å². The molecular weight excluding hydrogens is 435 g/mol. The molecule has 0 radical (unpaired) electrons. The number of nitrogens with one attached hydrogen (secondary N) is 2. The molecule has 0 atom stereocenters. The highest BCUT2D eigenvalue weighted by Gasteiger charge is 2.08. The maximum absolute atomic E-state index is 13.9. The van der Waals surface area contributed by atoms with Gasteiger partial charge in [-0.2, -0.15) is 10.2 Å². The summed E-state index contributed by atoms with van der Waals surface area (Å²) in [6.45, 7) is 0.997. The van der Waals surface area contributed by atoms with Crippen LogP contribution in [0.3, 0.4) is 0 Å². The van der Waals surface area contributed by atoms with Gasteiger partial charge in [0.05, 0.1) is 13.1 Å². The number of fused-ring (bicyclic) bond motifs is 1. The van der Waals surface area contributed by atoms with E-state index >= 15 is 0 Å². The highest BCUT2D eigenvalue weighted by atomic mass is 32.1. The quantitative estimate of drug-likeness (QED) is 0.341. The van der Waals surface area contributed by atoms with E-state index in [4.69, 9.17) is 12.2 Å². The van der Waals surface area contributed by atoms with Crippen LogP contribution < -0.4 is 10.6 Å². The molecule has 0 aliphatic carbocycles. The second kappa shape index (κ2) is 9.22. The zero-order valence-corrected chi connectivity index (χ0v) is 18.5. The average molecular weight is 457 g/mol. The molecule has 0 aliphatic rings. The molecule has 5 rings (SSSR count). The summed E-state index contributed by atoms with van der Waals surface area (Å²) in [5, 5.41) is 17.9. The van der Waals surface area contributed by atoms with Crippen molar-refractivity contribution in [2.75, 3.05) is 10.6 Å². The van der Waals surface area contributed by atoms with Crippen LogP contribution in [0.4, 0.5) is 16.0 Å². The second-order valence-electron chi connectivity index (χ2n) is 7.61. The van der Waals surface area contributed by atoms with Gasteiger partial charge in [-0.1, -0.05) is 60.7 Å². The molecule has 5 aromatic rings. The number of anilines is 2. The third-order valence-corrected chi connectivity index (χ3v) is 5.47. The van der Waals surface area contributed by atoms with Crippen LogP contribution >= 0.6 is 12.2 Å². The van der Waals surface area contributed by atoms with E-state index in [1.165, 1.54) is 22.4 Å². The first-order valence-corrected chi connectivity index (χ1v) is 10.9. The summed E-state index contributed by atoms with van der Waals surface area (Å²) in [5.41, 5.74) is 1.77. The number of thiocarbonyl (C=S) groups is 1. The second-order valence-corrected chi connectivity index (χ2v) is 8.01. The van der Waals surface area contributed by atoms with Gasteiger partial charge in [-0.05, 0) is 34.6 Å². The molecule has 2 aromatic heterocycles. The summed E-state index contributed by atoms with van der Waals surface area (Å²) in [7, 11) is 0. The zero-order chi connectivity index (χ0) is 22.6. The van der Waals surface area contributed by atoms with Gasteiger partial charge in [-0.3, -0.25) is 9.36 Å². The Morgan fingerprint density at radius 1 is 0.727 bits per heavy atom. The minimum Gasteiger partial charge on any atom is -0.316 e. The van der Waals surface area contributed by atoms with Gasteiger partial charge in [0.15, 0.2) is 16.7 Å². The molecule has 0 bridgehead atoms. The van der Waals surface area contributed by atoms with Crippen LogP contribution in [-0.4, -0.2) is 24.7 Å². The first kappa shape index (κ1) is 20.8. The maximum atomic E-state index is 13.9. The van der Waals surface area contributed by atoms with Gasteiger partial charge in [0.25, 0.3) is 0 Å². The van der Waals surface area contributed by atoms with Gasteiger partial charge in [0.1, 0.15) is 5.82 Å². The lowest BCUT2D eigenvalue weighted by Crippen LogP contribution is -2.20. The largest absolute Gasteiger partial charge is 0.316 e. The van der Waals surface area contributed by atoms with Crippen LogP contribution in [0.2, 0.25) is 0 Å². The van der Waals surface area contributed by atoms with E-state index in [-0.39, 0.29) is 5.82 Å². The predicted octanol–water partition coefficient (Wildman–Crippen LogP) is 5.28. The molecule has 3 aromatic carbocycles. The van der Waals surface area contributed by atoms with E-state index in [1.807, 2.05) is 29.1 Å². The number of hydrogen-bond donors (Lipinski definition) is 2. The molecule has 2 N–H and O–H groups in total. The first-order chi connectivity index (χ1) is 16.1. The Hall–Kier alpha value is -4.04. The van der Waals surface area contributed by atoms with Crippen molar-refractivity contribution in [1.29, 1.82) is 0 Å². The van der Waals surface area contributed by atoms with Crippen molar-refractivity contribution in [3.8, 4) is 0 Å². The highest BCUT2D eigenvalue weighted by Crippen LogP contribution is 2.19. The van der Waals surface area contributed by atoms with Gasteiger partial charge >= 0.3 is 0 Å². The smallest absolute Gasteiger partial charge is 0.177 e. The molecule has 2 heterocycles. The SMILES string of the molecule is Fc1ccccc1Cn1ccc(NC(=S)Nc2ccn(Cc3cccc4ccccc34)n2)n1. The molecule has 0 fully saturated rings. The van der Waals surface area contributed by atoms with E-state index in [1.54, 1.807) is 35.1 Å². The lowest BCUT2D eigenvalue weighted by Gasteiger charge is -2.08. The van der Waals surface area contributed by atoms with Crippen molar-refractivity contribution in [1.82, 2.24) is 19.6 Å². The molecule has 33 heavy (non-hydrogen) atoms. The van der Waals surface area contributed by atoms with Crippen LogP contribution in [0.5, 0.6) is 0 Å². The molecule has 0 saturated carbocycles. The molecule has 0 amide bonds. The fourth-order valence-corrected chi connectivity index (χ4v) is 3.91. The third-order valence-electron chi connectivity index (χ3n) is 5.27. The van der Waals surface area contributed by atoms with Crippen molar-refractivity contribution >= 4 is 39.7 Å². The first-order valence-electron chi connectivity index (χ1n) is 10.5. The summed E-state index contributed by atoms with van der Waals surface area (Å²) in [4.78, 5) is 0. The van der Waals surface area contributed by atoms with Crippen molar-refractivity contribution in [2.24, 2.45) is 0 Å². The molecular formula is C25H21FN6S. The number of halogens is 1. The van der Waals surface area contributed by atoms with Gasteiger partial charge in [-0.25, -0.2) is 4.39 Å². The summed E-state index contributed by atoms with van der Waals surface area (Å²) < 4.78 is 17.4. The van der Waals surface area contributed by atoms with E-state index < -0.39 is 0 Å². The third kappa shape index (κ3) is 4.91. The van der Waals surface area contributed by atoms with Crippen molar-refractivity contribution < 1.29 is 4.39 Å². The van der Waals surface area contributed by atoms with Gasteiger partial charge in [-0.15, -0.1) is 0 Å². The lowest BCUT2D eigenvalue weighted by atomic mass is 10.0. The summed E-state index contributed by atoms with van der Waals surface area (Å²) in [5.74, 6) is 0.955. The Bertz CT molecular complexity index is 1420. The molecule has 0 unspecified atom stereocenters. The molecule has 6 nitrogen and oxygen atoms in total. The van der Waals surface area contributed by atoms with Gasteiger partial charge in [0.2, 0.25) is 0 Å². The van der Waals surface area contributed by atoms with E-state index in [0.717, 1.165) is 0 Å². The Morgan fingerprint density at radius 2 is 1.30 bits per heavy atom. The highest BCUT2D eigenvalue weighted by molar-refractivity contribution is 7.80. The topological polar surface area (TPSA) is 59.7 Å². The van der Waals surface area contributed by atoms with Gasteiger partial charge < -0.3 is 10.6 Å². The minimum absolute atomic E-state index is 0.251. The maximum Gasteiger partial charge on any atom is 0.177 e. The van der Waals surface area contributed by atoms with E-state index in [9.17, 15) is 4.39 Å². The Labute approximate surface area is 195 Å². The number of nitrogens with zero attached hydrogens (tertiary/aromatic N) is 4. The van der Waals surface area contributed by atoms with Crippen LogP contribution in [0.1, 0.15) is 11.1 Å². The van der Waals surface area contributed by atoms with E-state index in [0.29, 0.717) is 35.4 Å². The van der Waals surface area contributed by atoms with Crippen molar-refractivity contribution in [2.45, 2.75) is 13.1 Å². The molecule has 0 spiro atoms. The minimum atomic E-state index is -0.251. The van der Waals surface area contributed by atoms with Crippen LogP contribution in [-0.2, 0) is 13.1 Å². The monoisotopic (exact) mass is 456 g/mol. The number of rotatable bonds is 6. The fraction of sp³-hybridized carbons (Fsp3) is 0.0800. The Balaban J connectivity index is 1.20. The Kier molecular flexibility index (Phi) is 5.82. The number of aromatic nitrogens is 4. The number of hydrogen-bond acceptors (Lipinski definition) is 3. The van der Waals surface area contributed by atoms with Gasteiger partial charge in [0, 0.05) is 30.1 Å². The van der Waals surface area contributed by atoms with E-state index in [2.05, 4.69) is 51.2 Å². The Morgan fingerprint density at radius 3 is 2.03 bits per heavy atom. The fourth-order valence-electron chi connectivity index (χ4n) is 3.70. The van der Waals surface area contributed by atoms with Crippen LogP contribution in [0.25, 0.3) is 10.8 Å². The molecule has 0 saturated heterocycles. The van der Waals surface area contributed by atoms with Crippen molar-refractivity contribution in [3.63, 3.8) is 0 Å². The molecule has 0 aliphatic heterocycles. The van der Waals surface area contributed by atoms with Crippen molar-refractivity contribution in [3.05, 3.63) is 108 Å². The normalized spacial score (nSPS) is 10.9. The van der Waals surface area contributed by atoms with Crippen LogP contribution in [0.15, 0.2) is 91.3 Å². The average Bonchev–Trinajstić information content (AvgIpc) is 3.44. The summed E-state index contributed by atoms with van der Waals surface area (Å²) in [6, 6.07) is 24.9. The number of benzene rings is 3. The summed E-state index contributed by atoms with van der Waals surface area (Å²) in [6.07, 6.45) is 3.69. The predicted molar refractivity (Wildman–Crippen MR) is 133 cm³/mol. The summed E-state index contributed by atoms with van der Waals surface area (Å²) >= 11 is 5.40. The molecule has 164 valence electrons.